The van der Waals surface area contributed by atoms with Crippen LogP contribution in [0.2, 0.25) is 0 Å². The van der Waals surface area contributed by atoms with Gasteiger partial charge in [0, 0.05) is 12.2 Å². The minimum atomic E-state index is -0.0777. The first-order valence-corrected chi connectivity index (χ1v) is 7.00. The first-order chi connectivity index (χ1) is 10.2. The van der Waals surface area contributed by atoms with Crippen molar-refractivity contribution < 1.29 is 14.6 Å². The van der Waals surface area contributed by atoms with Crippen LogP contribution in [0.25, 0.3) is 11.1 Å². The lowest BCUT2D eigenvalue weighted by molar-refractivity contribution is 0.0930. The molecule has 4 nitrogen and oxygen atoms in total. The smallest absolute Gasteiger partial charge is 0.251 e. The number of carbonyl (C=O) groups excluding carboxylic acids is 1. The van der Waals surface area contributed by atoms with Crippen LogP contribution in [0, 0.1) is 0 Å². The molecule has 4 heteroatoms. The van der Waals surface area contributed by atoms with Crippen LogP contribution in [-0.2, 0) is 4.74 Å². The number of nitrogens with one attached hydrogen (secondary N) is 1. The average molecular weight is 283 g/mol. The van der Waals surface area contributed by atoms with Crippen LogP contribution in [0.5, 0.6) is 5.75 Å². The lowest BCUT2D eigenvalue weighted by atomic mass is 10.0. The summed E-state index contributed by atoms with van der Waals surface area (Å²) in [5.41, 5.74) is 2.55. The average Bonchev–Trinajstić information content (AvgIpc) is 3.01. The number of rotatable bonds is 3. The Morgan fingerprint density at radius 2 is 1.95 bits per heavy atom. The van der Waals surface area contributed by atoms with E-state index in [4.69, 9.17) is 4.74 Å². The predicted molar refractivity (Wildman–Crippen MR) is 80.2 cm³/mol. The molecule has 1 heterocycles. The van der Waals surface area contributed by atoms with Gasteiger partial charge in [-0.25, -0.2) is 0 Å². The molecule has 0 bridgehead atoms. The minimum absolute atomic E-state index is 0.0777. The van der Waals surface area contributed by atoms with Gasteiger partial charge >= 0.3 is 0 Å². The SMILES string of the molecule is O=C(N[C@H]1CCOC1)c1cccc(-c2ccc(O)cc2)c1. The molecule has 3 rings (SSSR count). The Labute approximate surface area is 123 Å². The lowest BCUT2D eigenvalue weighted by Crippen LogP contribution is -2.34. The highest BCUT2D eigenvalue weighted by molar-refractivity contribution is 5.95. The van der Waals surface area contributed by atoms with Gasteiger partial charge in [0.15, 0.2) is 0 Å². The number of ether oxygens (including phenoxy) is 1. The molecule has 1 aliphatic heterocycles. The zero-order valence-corrected chi connectivity index (χ0v) is 11.6. The predicted octanol–water partition coefficient (Wildman–Crippen LogP) is 2.58. The molecule has 1 aliphatic rings. The van der Waals surface area contributed by atoms with Gasteiger partial charge < -0.3 is 15.2 Å². The standard InChI is InChI=1S/C17H17NO3/c19-16-6-4-12(5-7-16)13-2-1-3-14(10-13)17(20)18-15-8-9-21-11-15/h1-7,10,15,19H,8-9,11H2,(H,18,20)/t15-/m0/s1. The van der Waals surface area contributed by atoms with Crippen LogP contribution < -0.4 is 5.32 Å². The Morgan fingerprint density at radius 1 is 1.14 bits per heavy atom. The van der Waals surface area contributed by atoms with Gasteiger partial charge in [0.1, 0.15) is 5.75 Å². The van der Waals surface area contributed by atoms with E-state index in [2.05, 4.69) is 5.32 Å². The molecule has 0 unspecified atom stereocenters. The molecular weight excluding hydrogens is 266 g/mol. The van der Waals surface area contributed by atoms with Gasteiger partial charge in [-0.05, 0) is 41.8 Å². The van der Waals surface area contributed by atoms with E-state index in [1.54, 1.807) is 18.2 Å². The van der Waals surface area contributed by atoms with E-state index in [-0.39, 0.29) is 17.7 Å². The summed E-state index contributed by atoms with van der Waals surface area (Å²) in [5, 5.41) is 12.3. The number of amides is 1. The Kier molecular flexibility index (Phi) is 3.88. The van der Waals surface area contributed by atoms with Crippen molar-refractivity contribution in [2.45, 2.75) is 12.5 Å². The van der Waals surface area contributed by atoms with Gasteiger partial charge in [-0.2, -0.15) is 0 Å². The molecule has 2 N–H and O–H groups in total. The summed E-state index contributed by atoms with van der Waals surface area (Å²) >= 11 is 0. The summed E-state index contributed by atoms with van der Waals surface area (Å²) in [6, 6.07) is 14.5. The van der Waals surface area contributed by atoms with Crippen molar-refractivity contribution in [1.29, 1.82) is 0 Å². The zero-order valence-electron chi connectivity index (χ0n) is 11.6. The maximum Gasteiger partial charge on any atom is 0.251 e. The fourth-order valence-corrected chi connectivity index (χ4v) is 2.41. The monoisotopic (exact) mass is 283 g/mol. The Bertz CT molecular complexity index is 631. The third-order valence-electron chi connectivity index (χ3n) is 3.59. The van der Waals surface area contributed by atoms with Crippen LogP contribution >= 0.6 is 0 Å². The molecule has 1 atom stereocenters. The van der Waals surface area contributed by atoms with Crippen molar-refractivity contribution in [2.24, 2.45) is 0 Å². The maximum atomic E-state index is 12.2. The fourth-order valence-electron chi connectivity index (χ4n) is 2.41. The molecule has 2 aromatic carbocycles. The molecule has 0 aliphatic carbocycles. The highest BCUT2D eigenvalue weighted by Gasteiger charge is 2.18. The van der Waals surface area contributed by atoms with Crippen LogP contribution in [0.3, 0.4) is 0 Å². The van der Waals surface area contributed by atoms with Crippen LogP contribution in [0.15, 0.2) is 48.5 Å². The highest BCUT2D eigenvalue weighted by Crippen LogP contribution is 2.22. The van der Waals surface area contributed by atoms with E-state index in [0.29, 0.717) is 18.8 Å². The summed E-state index contributed by atoms with van der Waals surface area (Å²) in [7, 11) is 0. The first kappa shape index (κ1) is 13.6. The second-order valence-corrected chi connectivity index (χ2v) is 5.16. The topological polar surface area (TPSA) is 58.6 Å². The largest absolute Gasteiger partial charge is 0.508 e. The third kappa shape index (κ3) is 3.23. The molecule has 2 aromatic rings. The van der Waals surface area contributed by atoms with Gasteiger partial charge in [-0.3, -0.25) is 4.79 Å². The molecule has 21 heavy (non-hydrogen) atoms. The molecule has 1 fully saturated rings. The molecule has 0 saturated carbocycles. The van der Waals surface area contributed by atoms with Crippen molar-refractivity contribution in [3.8, 4) is 16.9 Å². The highest BCUT2D eigenvalue weighted by atomic mass is 16.5. The second-order valence-electron chi connectivity index (χ2n) is 5.16. The van der Waals surface area contributed by atoms with Crippen molar-refractivity contribution in [2.75, 3.05) is 13.2 Å². The third-order valence-corrected chi connectivity index (χ3v) is 3.59. The van der Waals surface area contributed by atoms with Crippen molar-refractivity contribution in [1.82, 2.24) is 5.32 Å². The first-order valence-electron chi connectivity index (χ1n) is 7.00. The zero-order chi connectivity index (χ0) is 14.7. The molecular formula is C17H17NO3. The normalized spacial score (nSPS) is 17.6. The molecule has 0 radical (unpaired) electrons. The van der Waals surface area contributed by atoms with Crippen LogP contribution in [-0.4, -0.2) is 30.3 Å². The van der Waals surface area contributed by atoms with Gasteiger partial charge in [0.25, 0.3) is 5.91 Å². The number of phenolic OH excluding ortho intramolecular Hbond substituents is 1. The van der Waals surface area contributed by atoms with Crippen LogP contribution in [0.1, 0.15) is 16.8 Å². The molecule has 1 amide bonds. The fraction of sp³-hybridized carbons (Fsp3) is 0.235. The molecule has 0 aromatic heterocycles. The van der Waals surface area contributed by atoms with E-state index >= 15 is 0 Å². The van der Waals surface area contributed by atoms with Crippen LogP contribution in [0.4, 0.5) is 0 Å². The number of phenols is 1. The summed E-state index contributed by atoms with van der Waals surface area (Å²) < 4.78 is 5.26. The second kappa shape index (κ2) is 5.97. The van der Waals surface area contributed by atoms with Gasteiger partial charge in [0.2, 0.25) is 0 Å². The number of carbonyl (C=O) groups is 1. The lowest BCUT2D eigenvalue weighted by Gasteiger charge is -2.11. The van der Waals surface area contributed by atoms with E-state index < -0.39 is 0 Å². The van der Waals surface area contributed by atoms with Crippen molar-refractivity contribution in [3.05, 3.63) is 54.1 Å². The Morgan fingerprint density at radius 3 is 2.67 bits per heavy atom. The van der Waals surface area contributed by atoms with E-state index in [9.17, 15) is 9.90 Å². The number of hydrogen-bond donors (Lipinski definition) is 2. The Hall–Kier alpha value is -2.33. The quantitative estimate of drug-likeness (QED) is 0.910. The number of benzene rings is 2. The maximum absolute atomic E-state index is 12.2. The summed E-state index contributed by atoms with van der Waals surface area (Å²) in [6.07, 6.45) is 0.864. The molecule has 108 valence electrons. The summed E-state index contributed by atoms with van der Waals surface area (Å²) in [5.74, 6) is 0.153. The summed E-state index contributed by atoms with van der Waals surface area (Å²) in [4.78, 5) is 12.2. The molecule has 0 spiro atoms. The minimum Gasteiger partial charge on any atom is -0.508 e. The van der Waals surface area contributed by atoms with Gasteiger partial charge in [-0.15, -0.1) is 0 Å². The summed E-state index contributed by atoms with van der Waals surface area (Å²) in [6.45, 7) is 1.29. The van der Waals surface area contributed by atoms with Crippen molar-refractivity contribution >= 4 is 5.91 Å². The Balaban J connectivity index is 1.79. The molecule has 1 saturated heterocycles. The van der Waals surface area contributed by atoms with E-state index in [1.165, 1.54) is 0 Å². The number of hydrogen-bond acceptors (Lipinski definition) is 3. The van der Waals surface area contributed by atoms with E-state index in [0.717, 1.165) is 17.5 Å². The van der Waals surface area contributed by atoms with Crippen molar-refractivity contribution in [3.63, 3.8) is 0 Å². The van der Waals surface area contributed by atoms with Gasteiger partial charge in [-0.1, -0.05) is 24.3 Å². The number of aromatic hydroxyl groups is 1. The van der Waals surface area contributed by atoms with Gasteiger partial charge in [0.05, 0.1) is 12.6 Å². The van der Waals surface area contributed by atoms with E-state index in [1.807, 2.05) is 30.3 Å².